The first-order valence-corrected chi connectivity index (χ1v) is 9.02. The van der Waals surface area contributed by atoms with Crippen LogP contribution in [0.15, 0.2) is 41.4 Å². The molecule has 2 rings (SSSR count). The number of benzene rings is 2. The molecule has 0 atom stereocenters. The van der Waals surface area contributed by atoms with Crippen molar-refractivity contribution in [2.24, 2.45) is 10.7 Å². The lowest BCUT2D eigenvalue weighted by molar-refractivity contribution is 0.354. The average molecular weight is 378 g/mol. The maximum atomic E-state index is 13.7. The quantitative estimate of drug-likeness (QED) is 0.561. The van der Waals surface area contributed by atoms with Crippen LogP contribution < -0.4 is 19.9 Å². The van der Waals surface area contributed by atoms with E-state index in [2.05, 4.69) is 4.99 Å². The fourth-order valence-corrected chi connectivity index (χ4v) is 3.01. The first kappa shape index (κ1) is 19.9. The summed E-state index contributed by atoms with van der Waals surface area (Å²) < 4.78 is 29.1. The Labute approximate surface area is 157 Å². The molecule has 2 aromatic carbocycles. The third kappa shape index (κ3) is 5.56. The summed E-state index contributed by atoms with van der Waals surface area (Å²) in [5.41, 5.74) is 7.84. The van der Waals surface area contributed by atoms with Gasteiger partial charge in [-0.25, -0.2) is 4.39 Å². The van der Waals surface area contributed by atoms with Gasteiger partial charge in [0.25, 0.3) is 0 Å². The van der Waals surface area contributed by atoms with Crippen molar-refractivity contribution in [3.63, 3.8) is 0 Å². The third-order valence-electron chi connectivity index (χ3n) is 3.72. The highest BCUT2D eigenvalue weighted by atomic mass is 32.2. The van der Waals surface area contributed by atoms with Gasteiger partial charge < -0.3 is 19.9 Å². The number of nitrogens with two attached hydrogens (primary N) is 1. The minimum Gasteiger partial charge on any atom is -0.494 e. The summed E-state index contributed by atoms with van der Waals surface area (Å²) in [6.45, 7) is 0.561. The van der Waals surface area contributed by atoms with E-state index in [0.29, 0.717) is 29.0 Å². The van der Waals surface area contributed by atoms with E-state index in [1.807, 2.05) is 24.3 Å². The van der Waals surface area contributed by atoms with Crippen molar-refractivity contribution in [1.82, 2.24) is 0 Å². The van der Waals surface area contributed by atoms with Gasteiger partial charge >= 0.3 is 0 Å². The molecule has 2 N–H and O–H groups in total. The number of nitrogens with zero attached hydrogens (tertiary/aromatic N) is 1. The Morgan fingerprint density at radius 3 is 2.27 bits per heavy atom. The Morgan fingerprint density at radius 2 is 1.62 bits per heavy atom. The zero-order valence-corrected chi connectivity index (χ0v) is 15.9. The second-order valence-electron chi connectivity index (χ2n) is 5.42. The van der Waals surface area contributed by atoms with Crippen molar-refractivity contribution in [2.75, 3.05) is 27.9 Å². The maximum Gasteiger partial charge on any atom is 0.165 e. The molecular formula is C19H23FN2O3S. The van der Waals surface area contributed by atoms with Crippen LogP contribution in [0.25, 0.3) is 0 Å². The van der Waals surface area contributed by atoms with Gasteiger partial charge in [0, 0.05) is 12.3 Å². The van der Waals surface area contributed by atoms with E-state index >= 15 is 0 Å². The molecule has 0 unspecified atom stereocenters. The second-order valence-corrected chi connectivity index (χ2v) is 6.41. The highest BCUT2D eigenvalue weighted by Gasteiger charge is 2.06. The molecule has 0 aliphatic heterocycles. The van der Waals surface area contributed by atoms with Crippen LogP contribution in [0.2, 0.25) is 0 Å². The van der Waals surface area contributed by atoms with Gasteiger partial charge in [-0.3, -0.25) is 4.99 Å². The molecule has 0 aromatic heterocycles. The summed E-state index contributed by atoms with van der Waals surface area (Å²) in [4.78, 5) is 4.36. The van der Waals surface area contributed by atoms with E-state index in [1.165, 1.54) is 24.9 Å². The predicted octanol–water partition coefficient (Wildman–Crippen LogP) is 3.64. The van der Waals surface area contributed by atoms with Gasteiger partial charge in [0.1, 0.15) is 0 Å². The van der Waals surface area contributed by atoms with E-state index < -0.39 is 0 Å². The van der Waals surface area contributed by atoms with Gasteiger partial charge in [-0.2, -0.15) is 0 Å². The molecule has 7 heteroatoms. The molecule has 0 saturated heterocycles. The first-order valence-electron chi connectivity index (χ1n) is 8.03. The standard InChI is InChI=1S/C19H23FN2O3S/c1-23-16-6-5-14(10-15(16)20)12-26-19(21)22-9-8-13-4-7-17(24-2)18(11-13)25-3/h4-7,10-11H,8-9,12H2,1-3H3,(H2,21,22). The molecule has 0 bridgehead atoms. The number of ether oxygens (including phenoxy) is 3. The highest BCUT2D eigenvalue weighted by Crippen LogP contribution is 2.27. The maximum absolute atomic E-state index is 13.7. The normalized spacial score (nSPS) is 11.3. The van der Waals surface area contributed by atoms with Gasteiger partial charge in [-0.05, 0) is 41.8 Å². The Hall–Kier alpha value is -2.41. The number of halogens is 1. The molecule has 0 fully saturated rings. The third-order valence-corrected chi connectivity index (χ3v) is 4.62. The van der Waals surface area contributed by atoms with E-state index in [4.69, 9.17) is 19.9 Å². The zero-order valence-electron chi connectivity index (χ0n) is 15.1. The van der Waals surface area contributed by atoms with Crippen molar-refractivity contribution < 1.29 is 18.6 Å². The minimum atomic E-state index is -0.380. The monoisotopic (exact) mass is 378 g/mol. The average Bonchev–Trinajstić information content (AvgIpc) is 2.66. The van der Waals surface area contributed by atoms with Gasteiger partial charge in [0.05, 0.1) is 21.3 Å². The second kappa shape index (κ2) is 9.91. The van der Waals surface area contributed by atoms with Gasteiger partial charge in [-0.15, -0.1) is 0 Å². The largest absolute Gasteiger partial charge is 0.494 e. The summed E-state index contributed by atoms with van der Waals surface area (Å²) in [5.74, 6) is 1.79. The molecule has 0 amide bonds. The molecule has 0 saturated carbocycles. The van der Waals surface area contributed by atoms with Crippen LogP contribution >= 0.6 is 11.8 Å². The fourth-order valence-electron chi connectivity index (χ4n) is 2.33. The first-order chi connectivity index (χ1) is 12.6. The Morgan fingerprint density at radius 1 is 0.962 bits per heavy atom. The van der Waals surface area contributed by atoms with Gasteiger partial charge in [0.2, 0.25) is 0 Å². The minimum absolute atomic E-state index is 0.232. The molecule has 0 heterocycles. The number of aliphatic imine (C=N–C) groups is 1. The SMILES string of the molecule is COc1ccc(CSC(N)=NCCc2ccc(OC)c(OC)c2)cc1F. The van der Waals surface area contributed by atoms with Crippen molar-refractivity contribution in [3.05, 3.63) is 53.3 Å². The van der Waals surface area contributed by atoms with Crippen LogP contribution in [0.1, 0.15) is 11.1 Å². The lowest BCUT2D eigenvalue weighted by atomic mass is 10.1. The summed E-state index contributed by atoms with van der Waals surface area (Å²) in [6.07, 6.45) is 0.735. The molecule has 5 nitrogen and oxygen atoms in total. The smallest absolute Gasteiger partial charge is 0.165 e. The summed E-state index contributed by atoms with van der Waals surface area (Å²) in [6, 6.07) is 10.6. The van der Waals surface area contributed by atoms with Crippen LogP contribution in [0.5, 0.6) is 17.2 Å². The molecule has 0 aliphatic rings. The van der Waals surface area contributed by atoms with Crippen LogP contribution in [-0.4, -0.2) is 33.0 Å². The fraction of sp³-hybridized carbons (Fsp3) is 0.316. The van der Waals surface area contributed by atoms with Crippen molar-refractivity contribution in [1.29, 1.82) is 0 Å². The number of hydrogen-bond donors (Lipinski definition) is 1. The molecule has 2 aromatic rings. The van der Waals surface area contributed by atoms with Crippen LogP contribution in [0.3, 0.4) is 0 Å². The molecule has 26 heavy (non-hydrogen) atoms. The van der Waals surface area contributed by atoms with E-state index in [-0.39, 0.29) is 11.6 Å². The number of methoxy groups -OCH3 is 3. The van der Waals surface area contributed by atoms with Gasteiger partial charge in [-0.1, -0.05) is 23.9 Å². The topological polar surface area (TPSA) is 66.1 Å². The summed E-state index contributed by atoms with van der Waals surface area (Å²) in [5, 5.41) is 0.474. The molecule has 0 aliphatic carbocycles. The van der Waals surface area contributed by atoms with Crippen LogP contribution in [0, 0.1) is 5.82 Å². The highest BCUT2D eigenvalue weighted by molar-refractivity contribution is 8.13. The van der Waals surface area contributed by atoms with Gasteiger partial charge in [0.15, 0.2) is 28.2 Å². The predicted molar refractivity (Wildman–Crippen MR) is 104 cm³/mol. The van der Waals surface area contributed by atoms with E-state index in [1.54, 1.807) is 20.3 Å². The van der Waals surface area contributed by atoms with Crippen LogP contribution in [0.4, 0.5) is 4.39 Å². The number of hydrogen-bond acceptors (Lipinski definition) is 5. The Balaban J connectivity index is 1.85. The Bertz CT molecular complexity index is 768. The number of rotatable bonds is 8. The van der Waals surface area contributed by atoms with Crippen molar-refractivity contribution in [3.8, 4) is 17.2 Å². The molecular weight excluding hydrogens is 355 g/mol. The lowest BCUT2D eigenvalue weighted by Crippen LogP contribution is -2.08. The molecule has 0 radical (unpaired) electrons. The van der Waals surface area contributed by atoms with Crippen molar-refractivity contribution >= 4 is 16.9 Å². The molecule has 140 valence electrons. The number of thioether (sulfide) groups is 1. The summed E-state index contributed by atoms with van der Waals surface area (Å²) >= 11 is 1.38. The van der Waals surface area contributed by atoms with Crippen molar-refractivity contribution in [2.45, 2.75) is 12.2 Å². The van der Waals surface area contributed by atoms with E-state index in [9.17, 15) is 4.39 Å². The summed E-state index contributed by atoms with van der Waals surface area (Å²) in [7, 11) is 4.65. The molecule has 0 spiro atoms. The zero-order chi connectivity index (χ0) is 18.9. The number of amidine groups is 1. The van der Waals surface area contributed by atoms with E-state index in [0.717, 1.165) is 17.5 Å². The van der Waals surface area contributed by atoms with Crippen LogP contribution in [-0.2, 0) is 12.2 Å². The lowest BCUT2D eigenvalue weighted by Gasteiger charge is -2.09. The Kier molecular flexibility index (Phi) is 7.59.